The highest BCUT2D eigenvalue weighted by Gasteiger charge is 2.21. The molecular weight excluding hydrogens is 481 g/mol. The molecule has 0 aliphatic carbocycles. The maximum absolute atomic E-state index is 12.7. The first-order chi connectivity index (χ1) is 14.2. The topological polar surface area (TPSA) is 74.5 Å². The fourth-order valence-corrected chi connectivity index (χ4v) is 3.83. The minimum Gasteiger partial charge on any atom is -0.334 e. The van der Waals surface area contributed by atoms with Crippen LogP contribution in [-0.2, 0) is 6.54 Å². The quantitative estimate of drug-likeness (QED) is 0.544. The van der Waals surface area contributed by atoms with Crippen LogP contribution in [0.2, 0.25) is 0 Å². The second kappa shape index (κ2) is 9.36. The van der Waals surface area contributed by atoms with E-state index >= 15 is 0 Å². The second-order valence-corrected chi connectivity index (χ2v) is 8.07. The van der Waals surface area contributed by atoms with E-state index in [-0.39, 0.29) is 6.03 Å². The standard InChI is InChI=1S/C21H22IN5O2/c22-17-9-4-5-10-18(17)23-21(28)27-12-6-11-26(13-14-27)15-19-24-20(29-25-19)16-7-2-1-3-8-16/h1-5,7-10H,6,11-15H2,(H,23,28). The Hall–Kier alpha value is -2.46. The Morgan fingerprint density at radius 3 is 2.66 bits per heavy atom. The molecule has 1 aliphatic rings. The van der Waals surface area contributed by atoms with Crippen LogP contribution in [0.25, 0.3) is 11.5 Å². The molecule has 1 aromatic heterocycles. The van der Waals surface area contributed by atoms with E-state index in [1.807, 2.05) is 59.5 Å². The summed E-state index contributed by atoms with van der Waals surface area (Å²) in [5.74, 6) is 1.20. The van der Waals surface area contributed by atoms with Crippen LogP contribution in [0.1, 0.15) is 12.2 Å². The summed E-state index contributed by atoms with van der Waals surface area (Å²) in [5, 5.41) is 7.13. The Bertz CT molecular complexity index is 962. The number of urea groups is 1. The second-order valence-electron chi connectivity index (χ2n) is 6.91. The van der Waals surface area contributed by atoms with Gasteiger partial charge in [0.1, 0.15) is 0 Å². The third-order valence-electron chi connectivity index (χ3n) is 4.85. The van der Waals surface area contributed by atoms with E-state index in [1.165, 1.54) is 0 Å². The number of para-hydroxylation sites is 1. The van der Waals surface area contributed by atoms with Crippen molar-refractivity contribution in [3.8, 4) is 11.5 Å². The van der Waals surface area contributed by atoms with Gasteiger partial charge >= 0.3 is 6.03 Å². The van der Waals surface area contributed by atoms with E-state index in [0.717, 1.165) is 40.9 Å². The highest BCUT2D eigenvalue weighted by Crippen LogP contribution is 2.19. The van der Waals surface area contributed by atoms with Gasteiger partial charge in [-0.3, -0.25) is 4.90 Å². The van der Waals surface area contributed by atoms with Crippen molar-refractivity contribution in [2.45, 2.75) is 13.0 Å². The summed E-state index contributed by atoms with van der Waals surface area (Å²) in [6.45, 7) is 3.67. The minimum atomic E-state index is -0.0538. The lowest BCUT2D eigenvalue weighted by atomic mass is 10.2. The molecule has 2 amide bonds. The van der Waals surface area contributed by atoms with E-state index in [0.29, 0.717) is 24.8 Å². The molecule has 0 spiro atoms. The lowest BCUT2D eigenvalue weighted by molar-refractivity contribution is 0.210. The molecule has 0 radical (unpaired) electrons. The number of hydrogen-bond acceptors (Lipinski definition) is 5. The molecule has 1 fully saturated rings. The van der Waals surface area contributed by atoms with Gasteiger partial charge in [-0.05, 0) is 53.3 Å². The van der Waals surface area contributed by atoms with Gasteiger partial charge in [0, 0.05) is 35.3 Å². The summed E-state index contributed by atoms with van der Waals surface area (Å²) < 4.78 is 6.43. The Balaban J connectivity index is 1.33. The number of nitrogens with zero attached hydrogens (tertiary/aromatic N) is 4. The molecule has 8 heteroatoms. The summed E-state index contributed by atoms with van der Waals surface area (Å²) in [7, 11) is 0. The van der Waals surface area contributed by atoms with Crippen molar-refractivity contribution in [2.24, 2.45) is 0 Å². The summed E-state index contributed by atoms with van der Waals surface area (Å²) >= 11 is 2.23. The molecule has 29 heavy (non-hydrogen) atoms. The predicted molar refractivity (Wildman–Crippen MR) is 119 cm³/mol. The van der Waals surface area contributed by atoms with Crippen LogP contribution in [0.5, 0.6) is 0 Å². The molecule has 0 unspecified atom stereocenters. The number of hydrogen-bond donors (Lipinski definition) is 1. The zero-order valence-corrected chi connectivity index (χ0v) is 18.1. The maximum atomic E-state index is 12.7. The first-order valence-electron chi connectivity index (χ1n) is 9.60. The van der Waals surface area contributed by atoms with Gasteiger partial charge in [0.05, 0.1) is 12.2 Å². The van der Waals surface area contributed by atoms with Gasteiger partial charge in [-0.1, -0.05) is 35.5 Å². The van der Waals surface area contributed by atoms with Crippen molar-refractivity contribution in [3.05, 3.63) is 64.0 Å². The monoisotopic (exact) mass is 503 g/mol. The van der Waals surface area contributed by atoms with E-state index in [1.54, 1.807) is 0 Å². The minimum absolute atomic E-state index is 0.0538. The third kappa shape index (κ3) is 5.13. The molecular formula is C21H22IN5O2. The molecule has 0 bridgehead atoms. The highest BCUT2D eigenvalue weighted by atomic mass is 127. The molecule has 2 aromatic carbocycles. The zero-order chi connectivity index (χ0) is 20.1. The van der Waals surface area contributed by atoms with E-state index in [9.17, 15) is 4.79 Å². The molecule has 0 saturated carbocycles. The van der Waals surface area contributed by atoms with Crippen molar-refractivity contribution >= 4 is 34.3 Å². The van der Waals surface area contributed by atoms with Gasteiger partial charge < -0.3 is 14.7 Å². The fraction of sp³-hybridized carbons (Fsp3) is 0.286. The van der Waals surface area contributed by atoms with Crippen molar-refractivity contribution in [3.63, 3.8) is 0 Å². The van der Waals surface area contributed by atoms with Crippen LogP contribution < -0.4 is 5.32 Å². The number of amides is 2. The molecule has 3 aromatic rings. The number of halogens is 1. The average Bonchev–Trinajstić information content (AvgIpc) is 3.08. The number of carbonyl (C=O) groups excluding carboxylic acids is 1. The smallest absolute Gasteiger partial charge is 0.321 e. The molecule has 4 rings (SSSR count). The normalized spacial score (nSPS) is 15.1. The zero-order valence-electron chi connectivity index (χ0n) is 15.9. The van der Waals surface area contributed by atoms with Crippen molar-refractivity contribution < 1.29 is 9.32 Å². The molecule has 1 saturated heterocycles. The number of nitrogens with one attached hydrogen (secondary N) is 1. The summed E-state index contributed by atoms with van der Waals surface area (Å²) in [6.07, 6.45) is 0.905. The Labute approximate surface area is 183 Å². The Morgan fingerprint density at radius 2 is 1.83 bits per heavy atom. The van der Waals surface area contributed by atoms with Gasteiger partial charge in [-0.2, -0.15) is 4.98 Å². The van der Waals surface area contributed by atoms with Crippen molar-refractivity contribution in [2.75, 3.05) is 31.5 Å². The number of rotatable bonds is 4. The SMILES string of the molecule is O=C(Nc1ccccc1I)N1CCCN(Cc2noc(-c3ccccc3)n2)CC1. The fourth-order valence-electron chi connectivity index (χ4n) is 3.31. The molecule has 7 nitrogen and oxygen atoms in total. The van der Waals surface area contributed by atoms with Gasteiger partial charge in [-0.25, -0.2) is 4.79 Å². The van der Waals surface area contributed by atoms with Crippen molar-refractivity contribution in [1.82, 2.24) is 19.9 Å². The highest BCUT2D eigenvalue weighted by molar-refractivity contribution is 14.1. The number of aromatic nitrogens is 2. The molecule has 150 valence electrons. The Morgan fingerprint density at radius 1 is 1.03 bits per heavy atom. The summed E-state index contributed by atoms with van der Waals surface area (Å²) in [5.41, 5.74) is 1.76. The van der Waals surface area contributed by atoms with Crippen LogP contribution in [0.4, 0.5) is 10.5 Å². The van der Waals surface area contributed by atoms with Crippen LogP contribution >= 0.6 is 22.6 Å². The maximum Gasteiger partial charge on any atom is 0.321 e. The first kappa shape index (κ1) is 19.8. The first-order valence-corrected chi connectivity index (χ1v) is 10.7. The number of anilines is 1. The summed E-state index contributed by atoms with van der Waals surface area (Å²) in [6, 6.07) is 17.5. The van der Waals surface area contributed by atoms with Crippen LogP contribution in [0.3, 0.4) is 0 Å². The Kier molecular flexibility index (Phi) is 6.40. The van der Waals surface area contributed by atoms with Gasteiger partial charge in [0.2, 0.25) is 0 Å². The van der Waals surface area contributed by atoms with Gasteiger partial charge in [-0.15, -0.1) is 0 Å². The third-order valence-corrected chi connectivity index (χ3v) is 5.79. The number of benzene rings is 2. The average molecular weight is 503 g/mol. The van der Waals surface area contributed by atoms with Crippen LogP contribution in [0.15, 0.2) is 59.1 Å². The molecule has 0 atom stereocenters. The van der Waals surface area contributed by atoms with Crippen molar-refractivity contribution in [1.29, 1.82) is 0 Å². The number of carbonyl (C=O) groups is 1. The predicted octanol–water partition coefficient (Wildman–Crippen LogP) is 4.08. The van der Waals surface area contributed by atoms with Crippen LogP contribution in [0, 0.1) is 3.57 Å². The molecule has 2 heterocycles. The van der Waals surface area contributed by atoms with Gasteiger partial charge in [0.15, 0.2) is 5.82 Å². The van der Waals surface area contributed by atoms with Crippen LogP contribution in [-0.4, -0.2) is 52.2 Å². The van der Waals surface area contributed by atoms with E-state index in [4.69, 9.17) is 4.52 Å². The molecule has 1 aliphatic heterocycles. The lowest BCUT2D eigenvalue weighted by Gasteiger charge is -2.22. The molecule has 1 N–H and O–H groups in total. The summed E-state index contributed by atoms with van der Waals surface area (Å²) in [4.78, 5) is 21.3. The van der Waals surface area contributed by atoms with E-state index < -0.39 is 0 Å². The lowest BCUT2D eigenvalue weighted by Crippen LogP contribution is -2.38. The van der Waals surface area contributed by atoms with E-state index in [2.05, 4.69) is 42.9 Å². The largest absolute Gasteiger partial charge is 0.334 e. The van der Waals surface area contributed by atoms with Gasteiger partial charge in [0.25, 0.3) is 5.89 Å².